The van der Waals surface area contributed by atoms with Gasteiger partial charge >= 0.3 is 0 Å². The zero-order chi connectivity index (χ0) is 18.1. The maximum Gasteiger partial charge on any atom is 0.0587 e. The number of fused-ring (bicyclic) bond motifs is 3. The highest BCUT2D eigenvalue weighted by molar-refractivity contribution is 7.26. The lowest BCUT2D eigenvalue weighted by Gasteiger charge is -2.11. The van der Waals surface area contributed by atoms with E-state index in [1.165, 1.54) is 42.6 Å². The molecule has 0 amide bonds. The minimum Gasteiger partial charge on any atom is -0.380 e. The monoisotopic (exact) mass is 365 g/mol. The Morgan fingerprint density at radius 2 is 1.33 bits per heavy atom. The van der Waals surface area contributed by atoms with Gasteiger partial charge in [0.2, 0.25) is 0 Å². The summed E-state index contributed by atoms with van der Waals surface area (Å²) in [6.45, 7) is 0.822. The molecule has 0 atom stereocenters. The van der Waals surface area contributed by atoms with Crippen LogP contribution in [0.15, 0.2) is 97.1 Å². The van der Waals surface area contributed by atoms with Crippen molar-refractivity contribution in [3.05, 3.63) is 103 Å². The van der Waals surface area contributed by atoms with Crippen LogP contribution in [0.4, 0.5) is 5.69 Å². The van der Waals surface area contributed by atoms with E-state index in [0.717, 1.165) is 6.54 Å². The van der Waals surface area contributed by atoms with Crippen molar-refractivity contribution in [3.63, 3.8) is 0 Å². The molecule has 5 rings (SSSR count). The largest absolute Gasteiger partial charge is 0.380 e. The molecule has 0 spiro atoms. The first-order chi connectivity index (χ1) is 13.4. The highest BCUT2D eigenvalue weighted by Gasteiger charge is 2.11. The summed E-state index contributed by atoms with van der Waals surface area (Å²) >= 11 is 1.86. The molecule has 0 fully saturated rings. The molecule has 1 aromatic heterocycles. The van der Waals surface area contributed by atoms with Crippen LogP contribution in [0.2, 0.25) is 0 Å². The Hall–Kier alpha value is -3.10. The predicted octanol–water partition coefficient (Wildman–Crippen LogP) is 7.33. The lowest BCUT2D eigenvalue weighted by atomic mass is 10.0. The smallest absolute Gasteiger partial charge is 0.0587 e. The van der Waals surface area contributed by atoms with E-state index in [1.54, 1.807) is 0 Å². The number of benzene rings is 4. The highest BCUT2D eigenvalue weighted by Crippen LogP contribution is 2.41. The lowest BCUT2D eigenvalue weighted by Crippen LogP contribution is -1.99. The Balaban J connectivity index is 1.67. The second kappa shape index (κ2) is 6.90. The van der Waals surface area contributed by atoms with Gasteiger partial charge in [-0.3, -0.25) is 0 Å². The normalized spacial score (nSPS) is 11.1. The number of hydrogen-bond donors (Lipinski definition) is 1. The van der Waals surface area contributed by atoms with Crippen molar-refractivity contribution in [2.75, 3.05) is 5.32 Å². The first-order valence-electron chi connectivity index (χ1n) is 9.17. The molecule has 0 radical (unpaired) electrons. The van der Waals surface area contributed by atoms with E-state index in [-0.39, 0.29) is 0 Å². The number of anilines is 1. The van der Waals surface area contributed by atoms with E-state index in [1.807, 2.05) is 11.3 Å². The van der Waals surface area contributed by atoms with E-state index < -0.39 is 0 Å². The molecule has 0 saturated heterocycles. The van der Waals surface area contributed by atoms with Crippen LogP contribution in [-0.4, -0.2) is 0 Å². The summed E-state index contributed by atoms with van der Waals surface area (Å²) in [7, 11) is 0. The van der Waals surface area contributed by atoms with Gasteiger partial charge in [0, 0.05) is 22.0 Å². The molecule has 4 aromatic carbocycles. The van der Waals surface area contributed by atoms with E-state index in [0.29, 0.717) is 0 Å². The summed E-state index contributed by atoms with van der Waals surface area (Å²) in [4.78, 5) is 0. The van der Waals surface area contributed by atoms with Crippen LogP contribution in [0, 0.1) is 0 Å². The van der Waals surface area contributed by atoms with Gasteiger partial charge in [-0.2, -0.15) is 0 Å². The van der Waals surface area contributed by atoms with Crippen molar-refractivity contribution >= 4 is 37.2 Å². The molecular formula is C25H19NS. The van der Waals surface area contributed by atoms with Gasteiger partial charge in [-0.15, -0.1) is 11.3 Å². The Bertz CT molecular complexity index is 1210. The molecule has 0 aliphatic carbocycles. The molecule has 0 aliphatic rings. The fourth-order valence-electron chi connectivity index (χ4n) is 3.55. The Kier molecular flexibility index (Phi) is 4.11. The molecular weight excluding hydrogens is 346 g/mol. The fraction of sp³-hybridized carbons (Fsp3) is 0.0400. The van der Waals surface area contributed by atoms with Crippen molar-refractivity contribution < 1.29 is 0 Å². The minimum atomic E-state index is 0.822. The first-order valence-corrected chi connectivity index (χ1v) is 9.99. The SMILES string of the molecule is c1ccc(CNc2cc(-c3ccccc3)cc3c2sc2ccccc23)cc1. The lowest BCUT2D eigenvalue weighted by molar-refractivity contribution is 1.16. The molecule has 0 unspecified atom stereocenters. The molecule has 5 aromatic rings. The maximum atomic E-state index is 3.69. The van der Waals surface area contributed by atoms with Crippen molar-refractivity contribution in [1.82, 2.24) is 0 Å². The van der Waals surface area contributed by atoms with E-state index in [9.17, 15) is 0 Å². The third-order valence-corrected chi connectivity index (χ3v) is 6.13. The van der Waals surface area contributed by atoms with Gasteiger partial charge in [0.1, 0.15) is 0 Å². The molecule has 1 heterocycles. The molecule has 130 valence electrons. The topological polar surface area (TPSA) is 12.0 Å². The van der Waals surface area contributed by atoms with Crippen molar-refractivity contribution in [2.24, 2.45) is 0 Å². The quantitative estimate of drug-likeness (QED) is 0.351. The predicted molar refractivity (Wildman–Crippen MR) is 119 cm³/mol. The second-order valence-corrected chi connectivity index (χ2v) is 7.76. The van der Waals surface area contributed by atoms with E-state index >= 15 is 0 Å². The van der Waals surface area contributed by atoms with Gasteiger partial charge in [-0.05, 0) is 34.9 Å². The van der Waals surface area contributed by atoms with Crippen molar-refractivity contribution in [2.45, 2.75) is 6.54 Å². The highest BCUT2D eigenvalue weighted by atomic mass is 32.1. The fourth-order valence-corrected chi connectivity index (χ4v) is 4.72. The van der Waals surface area contributed by atoms with E-state index in [4.69, 9.17) is 0 Å². The summed E-state index contributed by atoms with van der Waals surface area (Å²) in [5.74, 6) is 0. The third kappa shape index (κ3) is 3.09. The summed E-state index contributed by atoms with van der Waals surface area (Å²) < 4.78 is 2.66. The summed E-state index contributed by atoms with van der Waals surface area (Å²) in [5, 5.41) is 6.34. The molecule has 27 heavy (non-hydrogen) atoms. The van der Waals surface area contributed by atoms with Crippen LogP contribution in [0.3, 0.4) is 0 Å². The van der Waals surface area contributed by atoms with Gasteiger partial charge in [-0.1, -0.05) is 78.9 Å². The van der Waals surface area contributed by atoms with Crippen LogP contribution >= 0.6 is 11.3 Å². The third-order valence-electron chi connectivity index (χ3n) is 4.91. The van der Waals surface area contributed by atoms with Crippen LogP contribution < -0.4 is 5.32 Å². The average molecular weight is 366 g/mol. The van der Waals surface area contributed by atoms with Gasteiger partial charge < -0.3 is 5.32 Å². The molecule has 1 nitrogen and oxygen atoms in total. The Morgan fingerprint density at radius 3 is 2.15 bits per heavy atom. The zero-order valence-corrected chi connectivity index (χ0v) is 15.7. The van der Waals surface area contributed by atoms with Gasteiger partial charge in [0.15, 0.2) is 0 Å². The number of hydrogen-bond acceptors (Lipinski definition) is 2. The summed E-state index contributed by atoms with van der Waals surface area (Å²) in [6, 6.07) is 34.5. The van der Waals surface area contributed by atoms with Gasteiger partial charge in [0.25, 0.3) is 0 Å². The Morgan fingerprint density at radius 1 is 0.630 bits per heavy atom. The molecule has 0 bridgehead atoms. The first kappa shape index (κ1) is 16.1. The molecule has 1 N–H and O–H groups in total. The molecule has 0 aliphatic heterocycles. The zero-order valence-electron chi connectivity index (χ0n) is 14.9. The van der Waals surface area contributed by atoms with Crippen LogP contribution in [0.5, 0.6) is 0 Å². The van der Waals surface area contributed by atoms with Gasteiger partial charge in [-0.25, -0.2) is 0 Å². The standard InChI is InChI=1S/C25H19NS/c1-3-9-18(10-4-1)17-26-23-16-20(19-11-5-2-6-12-19)15-22-21-13-7-8-14-24(21)27-25(22)23/h1-16,26H,17H2. The second-order valence-electron chi connectivity index (χ2n) is 6.70. The Labute approximate surface area is 162 Å². The van der Waals surface area contributed by atoms with Crippen LogP contribution in [0.25, 0.3) is 31.3 Å². The van der Waals surface area contributed by atoms with Crippen molar-refractivity contribution in [3.8, 4) is 11.1 Å². The van der Waals surface area contributed by atoms with Crippen molar-refractivity contribution in [1.29, 1.82) is 0 Å². The van der Waals surface area contributed by atoms with Crippen LogP contribution in [0.1, 0.15) is 5.56 Å². The number of nitrogens with one attached hydrogen (secondary N) is 1. The number of rotatable bonds is 4. The maximum absolute atomic E-state index is 3.69. The summed E-state index contributed by atoms with van der Waals surface area (Å²) in [6.07, 6.45) is 0. The minimum absolute atomic E-state index is 0.822. The van der Waals surface area contributed by atoms with Crippen LogP contribution in [-0.2, 0) is 6.54 Å². The molecule has 0 saturated carbocycles. The number of thiophene rings is 1. The average Bonchev–Trinajstić information content (AvgIpc) is 3.12. The molecule has 2 heteroatoms. The van der Waals surface area contributed by atoms with Gasteiger partial charge in [0.05, 0.1) is 10.4 Å². The van der Waals surface area contributed by atoms with E-state index in [2.05, 4.69) is 102 Å². The summed E-state index contributed by atoms with van der Waals surface area (Å²) in [5.41, 5.74) is 4.99.